The third kappa shape index (κ3) is 4.37. The highest BCUT2D eigenvalue weighted by molar-refractivity contribution is 6.42. The summed E-state index contributed by atoms with van der Waals surface area (Å²) in [5, 5.41) is 10.9. The van der Waals surface area contributed by atoms with Gasteiger partial charge < -0.3 is 14.4 Å². The van der Waals surface area contributed by atoms with Crippen molar-refractivity contribution in [2.75, 3.05) is 6.61 Å². The van der Waals surface area contributed by atoms with Crippen molar-refractivity contribution in [1.82, 2.24) is 4.57 Å². The van der Waals surface area contributed by atoms with Gasteiger partial charge in [0.1, 0.15) is 5.69 Å². The number of rotatable bonds is 7. The first kappa shape index (κ1) is 21.9. The summed E-state index contributed by atoms with van der Waals surface area (Å²) in [6, 6.07) is 11.1. The number of carbonyl (C=O) groups excluding carboxylic acids is 1. The summed E-state index contributed by atoms with van der Waals surface area (Å²) in [6.45, 7) is 4.29. The number of carboxylic acid groups (broad SMARTS) is 1. The van der Waals surface area contributed by atoms with E-state index in [0.29, 0.717) is 27.8 Å². The van der Waals surface area contributed by atoms with Crippen LogP contribution in [-0.4, -0.2) is 28.2 Å². The van der Waals surface area contributed by atoms with Gasteiger partial charge in [-0.1, -0.05) is 48.3 Å². The molecule has 30 heavy (non-hydrogen) atoms. The van der Waals surface area contributed by atoms with E-state index in [1.54, 1.807) is 19.1 Å². The van der Waals surface area contributed by atoms with Crippen LogP contribution in [0.1, 0.15) is 41.0 Å². The second-order valence-electron chi connectivity index (χ2n) is 6.65. The number of carboxylic acids is 1. The lowest BCUT2D eigenvalue weighted by atomic mass is 10.0. The summed E-state index contributed by atoms with van der Waals surface area (Å²) >= 11 is 12.2. The van der Waals surface area contributed by atoms with Crippen LogP contribution in [0.3, 0.4) is 0 Å². The van der Waals surface area contributed by atoms with E-state index in [4.69, 9.17) is 33.0 Å². The highest BCUT2D eigenvalue weighted by Gasteiger charge is 2.24. The zero-order valence-corrected chi connectivity index (χ0v) is 18.1. The molecule has 0 radical (unpaired) electrons. The standard InChI is InChI=1S/C23H21Cl2NO4/c1-3-15-6-5-7-19-21(15)16(9-11-20(27)28)22(23(29)30-4-2)26(19)13-14-8-10-17(24)18(25)12-14/h5-12H,3-4,13H2,1-2H3,(H,27,28)/b11-9-. The number of fused-ring (bicyclic) bond motifs is 1. The molecule has 0 saturated heterocycles. The van der Waals surface area contributed by atoms with Gasteiger partial charge in [-0.2, -0.15) is 0 Å². The zero-order chi connectivity index (χ0) is 21.8. The molecular formula is C23H21Cl2NO4. The second kappa shape index (κ2) is 9.37. The molecule has 0 bridgehead atoms. The van der Waals surface area contributed by atoms with Gasteiger partial charge in [0.15, 0.2) is 0 Å². The van der Waals surface area contributed by atoms with E-state index >= 15 is 0 Å². The molecule has 1 N–H and O–H groups in total. The third-order valence-electron chi connectivity index (χ3n) is 4.78. The van der Waals surface area contributed by atoms with Crippen LogP contribution in [0.2, 0.25) is 10.0 Å². The van der Waals surface area contributed by atoms with E-state index in [9.17, 15) is 9.59 Å². The van der Waals surface area contributed by atoms with Crippen molar-refractivity contribution in [2.45, 2.75) is 26.8 Å². The van der Waals surface area contributed by atoms with Crippen LogP contribution in [0.15, 0.2) is 42.5 Å². The molecule has 0 amide bonds. The number of nitrogens with zero attached hydrogens (tertiary/aromatic N) is 1. The molecule has 0 fully saturated rings. The van der Waals surface area contributed by atoms with Crippen LogP contribution >= 0.6 is 23.2 Å². The maximum Gasteiger partial charge on any atom is 0.355 e. The highest BCUT2D eigenvalue weighted by atomic mass is 35.5. The highest BCUT2D eigenvalue weighted by Crippen LogP contribution is 2.33. The third-order valence-corrected chi connectivity index (χ3v) is 5.52. The van der Waals surface area contributed by atoms with Crippen LogP contribution in [0.25, 0.3) is 17.0 Å². The van der Waals surface area contributed by atoms with Crippen molar-refractivity contribution < 1.29 is 19.4 Å². The number of halogens is 2. The molecule has 5 nitrogen and oxygen atoms in total. The predicted octanol–water partition coefficient (Wildman–Crippen LogP) is 5.83. The van der Waals surface area contributed by atoms with E-state index < -0.39 is 11.9 Å². The Morgan fingerprint density at radius 2 is 1.90 bits per heavy atom. The van der Waals surface area contributed by atoms with Gasteiger partial charge in [-0.15, -0.1) is 0 Å². The van der Waals surface area contributed by atoms with Crippen molar-refractivity contribution in [2.24, 2.45) is 0 Å². The molecule has 0 saturated carbocycles. The first-order valence-electron chi connectivity index (χ1n) is 9.53. The summed E-state index contributed by atoms with van der Waals surface area (Å²) < 4.78 is 7.15. The van der Waals surface area contributed by atoms with Gasteiger partial charge in [-0.3, -0.25) is 0 Å². The number of hydrogen-bond donors (Lipinski definition) is 1. The van der Waals surface area contributed by atoms with Gasteiger partial charge in [0.25, 0.3) is 0 Å². The quantitative estimate of drug-likeness (QED) is 0.366. The minimum atomic E-state index is -1.09. The minimum Gasteiger partial charge on any atom is -0.478 e. The normalized spacial score (nSPS) is 11.3. The largest absolute Gasteiger partial charge is 0.478 e. The van der Waals surface area contributed by atoms with E-state index in [1.165, 1.54) is 6.08 Å². The minimum absolute atomic E-state index is 0.204. The Hall–Kier alpha value is -2.76. The second-order valence-corrected chi connectivity index (χ2v) is 7.47. The van der Waals surface area contributed by atoms with E-state index in [2.05, 4.69) is 0 Å². The summed E-state index contributed by atoms with van der Waals surface area (Å²) in [4.78, 5) is 24.1. The molecule has 1 aromatic heterocycles. The molecule has 0 aliphatic rings. The van der Waals surface area contributed by atoms with Gasteiger partial charge in [0.2, 0.25) is 0 Å². The average Bonchev–Trinajstić information content (AvgIpc) is 3.03. The maximum atomic E-state index is 12.9. The Morgan fingerprint density at radius 1 is 1.13 bits per heavy atom. The Kier molecular flexibility index (Phi) is 6.85. The van der Waals surface area contributed by atoms with Crippen molar-refractivity contribution in [3.8, 4) is 0 Å². The summed E-state index contributed by atoms with van der Waals surface area (Å²) in [5.74, 6) is -1.61. The molecule has 3 rings (SSSR count). The van der Waals surface area contributed by atoms with Gasteiger partial charge in [-0.05, 0) is 48.7 Å². The molecule has 7 heteroatoms. The molecule has 1 heterocycles. The number of aromatic nitrogens is 1. The molecule has 156 valence electrons. The molecule has 0 atom stereocenters. The van der Waals surface area contributed by atoms with E-state index in [1.807, 2.05) is 35.8 Å². The molecule has 0 aliphatic heterocycles. The molecule has 0 aliphatic carbocycles. The molecular weight excluding hydrogens is 425 g/mol. The number of hydrogen-bond acceptors (Lipinski definition) is 3. The van der Waals surface area contributed by atoms with Crippen LogP contribution in [0.4, 0.5) is 0 Å². The van der Waals surface area contributed by atoms with Crippen LogP contribution < -0.4 is 0 Å². The van der Waals surface area contributed by atoms with Crippen molar-refractivity contribution in [1.29, 1.82) is 0 Å². The lowest BCUT2D eigenvalue weighted by molar-refractivity contribution is -0.131. The molecule has 2 aromatic carbocycles. The predicted molar refractivity (Wildman–Crippen MR) is 120 cm³/mol. The number of carbonyl (C=O) groups is 2. The fraction of sp³-hybridized carbons (Fsp3) is 0.217. The first-order valence-corrected chi connectivity index (χ1v) is 10.3. The fourth-order valence-corrected chi connectivity index (χ4v) is 3.84. The van der Waals surface area contributed by atoms with Gasteiger partial charge in [-0.25, -0.2) is 9.59 Å². The average molecular weight is 446 g/mol. The topological polar surface area (TPSA) is 68.5 Å². The smallest absolute Gasteiger partial charge is 0.355 e. The van der Waals surface area contributed by atoms with Crippen LogP contribution in [-0.2, 0) is 22.5 Å². The van der Waals surface area contributed by atoms with Gasteiger partial charge >= 0.3 is 11.9 Å². The van der Waals surface area contributed by atoms with Gasteiger partial charge in [0.05, 0.1) is 16.7 Å². The molecule has 0 unspecified atom stereocenters. The SMILES string of the molecule is CCOC(=O)c1c(/C=C\C(=O)O)c2c(CC)cccc2n1Cc1ccc(Cl)c(Cl)c1. The lowest BCUT2D eigenvalue weighted by Gasteiger charge is -2.12. The summed E-state index contributed by atoms with van der Waals surface area (Å²) in [5.41, 5.74) is 3.51. The van der Waals surface area contributed by atoms with Gasteiger partial charge in [0, 0.05) is 29.1 Å². The monoisotopic (exact) mass is 445 g/mol. The van der Waals surface area contributed by atoms with Crippen LogP contribution in [0, 0.1) is 0 Å². The number of esters is 1. The van der Waals surface area contributed by atoms with Crippen molar-refractivity contribution in [3.05, 3.63) is 74.9 Å². The number of aryl methyl sites for hydroxylation is 1. The summed E-state index contributed by atoms with van der Waals surface area (Å²) in [7, 11) is 0. The Bertz CT molecular complexity index is 1150. The summed E-state index contributed by atoms with van der Waals surface area (Å²) in [6.07, 6.45) is 3.22. The van der Waals surface area contributed by atoms with E-state index in [0.717, 1.165) is 34.5 Å². The zero-order valence-electron chi connectivity index (χ0n) is 16.6. The van der Waals surface area contributed by atoms with Crippen molar-refractivity contribution in [3.63, 3.8) is 0 Å². The Balaban J connectivity index is 2.32. The van der Waals surface area contributed by atoms with E-state index in [-0.39, 0.29) is 6.61 Å². The fourth-order valence-electron chi connectivity index (χ4n) is 3.52. The maximum absolute atomic E-state index is 12.9. The Labute approximate surface area is 184 Å². The van der Waals surface area contributed by atoms with Crippen LogP contribution in [0.5, 0.6) is 0 Å². The first-order chi connectivity index (χ1) is 14.4. The molecule has 3 aromatic rings. The Morgan fingerprint density at radius 3 is 2.53 bits per heavy atom. The number of benzene rings is 2. The number of ether oxygens (including phenoxy) is 1. The molecule has 0 spiro atoms. The van der Waals surface area contributed by atoms with Crippen molar-refractivity contribution >= 4 is 52.1 Å². The lowest BCUT2D eigenvalue weighted by Crippen LogP contribution is -2.14. The number of aliphatic carboxylic acids is 1.